The van der Waals surface area contributed by atoms with Gasteiger partial charge in [0.1, 0.15) is 5.82 Å². The van der Waals surface area contributed by atoms with Gasteiger partial charge >= 0.3 is 5.95 Å². The molecule has 0 N–H and O–H groups in total. The first-order chi connectivity index (χ1) is 6.09. The van der Waals surface area contributed by atoms with Crippen molar-refractivity contribution in [2.75, 3.05) is 0 Å². The first-order valence-corrected chi connectivity index (χ1v) is 3.37. The van der Waals surface area contributed by atoms with Gasteiger partial charge in [0.15, 0.2) is 0 Å². The quantitative estimate of drug-likeness (QED) is 0.403. The normalized spacial score (nSPS) is 11.4. The molecule has 0 aliphatic carbocycles. The van der Waals surface area contributed by atoms with Crippen LogP contribution in [0.25, 0.3) is 6.08 Å². The van der Waals surface area contributed by atoms with Crippen LogP contribution in [0.5, 0.6) is 0 Å². The summed E-state index contributed by atoms with van der Waals surface area (Å²) in [5.41, 5.74) is 0.246. The first kappa shape index (κ1) is 9.31. The molecule has 68 valence electrons. The predicted octanol–water partition coefficient (Wildman–Crippen LogP) is 2.37. The minimum atomic E-state index is -1.47. The molecule has 0 radical (unpaired) electrons. The highest BCUT2D eigenvalue weighted by molar-refractivity contribution is 5.49. The summed E-state index contributed by atoms with van der Waals surface area (Å²) >= 11 is 0. The average Bonchev–Trinajstić information content (AvgIpc) is 2.08. The van der Waals surface area contributed by atoms with Gasteiger partial charge in [0.05, 0.1) is 11.0 Å². The molecule has 1 rings (SSSR count). The molecule has 1 aromatic carbocycles. The maximum atomic E-state index is 12.4. The molecular formula is C8H5F2NO2. The van der Waals surface area contributed by atoms with E-state index >= 15 is 0 Å². The van der Waals surface area contributed by atoms with Gasteiger partial charge in [-0.2, -0.15) is 0 Å². The molecule has 0 bridgehead atoms. The number of halogens is 2. The van der Waals surface area contributed by atoms with Crippen LogP contribution in [0, 0.1) is 15.9 Å². The lowest BCUT2D eigenvalue weighted by atomic mass is 10.2. The largest absolute Gasteiger partial charge is 0.419 e. The maximum absolute atomic E-state index is 12.4. The van der Waals surface area contributed by atoms with Crippen LogP contribution in [0.2, 0.25) is 0 Å². The summed E-state index contributed by atoms with van der Waals surface area (Å²) in [6.07, 6.45) is 0.722. The minimum Gasteiger partial charge on any atom is -0.256 e. The predicted molar refractivity (Wildman–Crippen MR) is 42.5 cm³/mol. The molecule has 0 amide bonds. The Kier molecular flexibility index (Phi) is 2.69. The van der Waals surface area contributed by atoms with Crippen LogP contribution in [0.4, 0.5) is 8.78 Å². The number of rotatable bonds is 2. The Hall–Kier alpha value is -1.78. The fraction of sp³-hybridized carbons (Fsp3) is 0. The molecule has 0 aromatic heterocycles. The Balaban J connectivity index is 2.92. The molecule has 0 aliphatic heterocycles. The third-order valence-corrected chi connectivity index (χ3v) is 1.33. The van der Waals surface area contributed by atoms with Gasteiger partial charge in [0.2, 0.25) is 0 Å². The highest BCUT2D eigenvalue weighted by atomic mass is 19.1. The van der Waals surface area contributed by atoms with Crippen molar-refractivity contribution in [3.8, 4) is 0 Å². The molecule has 0 unspecified atom stereocenters. The monoisotopic (exact) mass is 185 g/mol. The molecular weight excluding hydrogens is 180 g/mol. The van der Waals surface area contributed by atoms with E-state index in [4.69, 9.17) is 0 Å². The molecule has 1 aromatic rings. The second-order valence-electron chi connectivity index (χ2n) is 2.28. The lowest BCUT2D eigenvalue weighted by Gasteiger charge is -1.90. The van der Waals surface area contributed by atoms with Crippen LogP contribution in [0.15, 0.2) is 30.2 Å². The van der Waals surface area contributed by atoms with Crippen molar-refractivity contribution in [1.82, 2.24) is 0 Å². The second-order valence-corrected chi connectivity index (χ2v) is 2.28. The van der Waals surface area contributed by atoms with E-state index in [2.05, 4.69) is 0 Å². The standard InChI is InChI=1S/C8H5F2NO2/c9-7-3-1-6(2-4-7)5-8(10)11(12)13/h1-5H. The highest BCUT2D eigenvalue weighted by Crippen LogP contribution is 2.09. The SMILES string of the molecule is O=[N+]([O-])C(F)=Cc1ccc(F)cc1. The molecule has 0 aliphatic rings. The van der Waals surface area contributed by atoms with Crippen molar-refractivity contribution in [2.24, 2.45) is 0 Å². The molecule has 3 nitrogen and oxygen atoms in total. The zero-order chi connectivity index (χ0) is 9.84. The summed E-state index contributed by atoms with van der Waals surface area (Å²) in [5.74, 6) is -1.94. The highest BCUT2D eigenvalue weighted by Gasteiger charge is 2.06. The van der Waals surface area contributed by atoms with Crippen LogP contribution in [0.3, 0.4) is 0 Å². The molecule has 5 heteroatoms. The van der Waals surface area contributed by atoms with Gasteiger partial charge in [0, 0.05) is 0 Å². The summed E-state index contributed by atoms with van der Waals surface area (Å²) in [5, 5.41) is 9.86. The molecule has 13 heavy (non-hydrogen) atoms. The Labute approximate surface area is 72.5 Å². The van der Waals surface area contributed by atoms with E-state index < -0.39 is 16.7 Å². The number of hydrogen-bond donors (Lipinski definition) is 0. The number of benzene rings is 1. The molecule has 0 heterocycles. The van der Waals surface area contributed by atoms with Crippen LogP contribution in [0.1, 0.15) is 5.56 Å². The van der Waals surface area contributed by atoms with E-state index in [0.717, 1.165) is 18.2 Å². The Morgan fingerprint density at radius 1 is 1.38 bits per heavy atom. The van der Waals surface area contributed by atoms with Gasteiger partial charge < -0.3 is 0 Å². The first-order valence-electron chi connectivity index (χ1n) is 3.37. The van der Waals surface area contributed by atoms with Crippen LogP contribution >= 0.6 is 0 Å². The van der Waals surface area contributed by atoms with E-state index in [0.29, 0.717) is 0 Å². The summed E-state index contributed by atoms with van der Waals surface area (Å²) < 4.78 is 24.7. The summed E-state index contributed by atoms with van der Waals surface area (Å²) in [6.45, 7) is 0. The fourth-order valence-corrected chi connectivity index (χ4v) is 0.749. The lowest BCUT2D eigenvalue weighted by molar-refractivity contribution is -0.445. The lowest BCUT2D eigenvalue weighted by Crippen LogP contribution is -1.91. The minimum absolute atomic E-state index is 0.246. The van der Waals surface area contributed by atoms with Crippen LogP contribution in [-0.2, 0) is 0 Å². The number of hydrogen-bond acceptors (Lipinski definition) is 2. The van der Waals surface area contributed by atoms with E-state index in [9.17, 15) is 18.9 Å². The zero-order valence-electron chi connectivity index (χ0n) is 6.41. The second kappa shape index (κ2) is 3.75. The number of nitro groups is 1. The maximum Gasteiger partial charge on any atom is 0.419 e. The summed E-state index contributed by atoms with van der Waals surface area (Å²) in [6, 6.07) is 4.69. The van der Waals surface area contributed by atoms with Gasteiger partial charge in [-0.15, -0.1) is 4.39 Å². The van der Waals surface area contributed by atoms with Gasteiger partial charge in [0.25, 0.3) is 0 Å². The Morgan fingerprint density at radius 3 is 2.38 bits per heavy atom. The summed E-state index contributed by atoms with van der Waals surface area (Å²) in [4.78, 5) is 8.71. The molecule has 0 saturated heterocycles. The van der Waals surface area contributed by atoms with E-state index in [1.807, 2.05) is 0 Å². The third kappa shape index (κ3) is 2.62. The topological polar surface area (TPSA) is 43.1 Å². The molecule has 0 atom stereocenters. The van der Waals surface area contributed by atoms with E-state index in [-0.39, 0.29) is 5.56 Å². The van der Waals surface area contributed by atoms with Crippen molar-refractivity contribution >= 4 is 6.08 Å². The Bertz CT molecular complexity index is 346. The van der Waals surface area contributed by atoms with E-state index in [1.165, 1.54) is 12.1 Å². The van der Waals surface area contributed by atoms with Crippen molar-refractivity contribution in [3.05, 3.63) is 51.7 Å². The van der Waals surface area contributed by atoms with E-state index in [1.54, 1.807) is 0 Å². The molecule has 0 saturated carbocycles. The fourth-order valence-electron chi connectivity index (χ4n) is 0.749. The average molecular weight is 185 g/mol. The van der Waals surface area contributed by atoms with Crippen molar-refractivity contribution in [2.45, 2.75) is 0 Å². The third-order valence-electron chi connectivity index (χ3n) is 1.33. The van der Waals surface area contributed by atoms with Crippen molar-refractivity contribution < 1.29 is 13.7 Å². The van der Waals surface area contributed by atoms with Gasteiger partial charge in [-0.3, -0.25) is 10.1 Å². The summed E-state index contributed by atoms with van der Waals surface area (Å²) in [7, 11) is 0. The van der Waals surface area contributed by atoms with Crippen LogP contribution < -0.4 is 0 Å². The van der Waals surface area contributed by atoms with Gasteiger partial charge in [-0.25, -0.2) is 4.39 Å². The number of nitrogens with zero attached hydrogens (tertiary/aromatic N) is 1. The smallest absolute Gasteiger partial charge is 0.256 e. The Morgan fingerprint density at radius 2 is 1.92 bits per heavy atom. The molecule has 0 fully saturated rings. The molecule has 0 spiro atoms. The zero-order valence-corrected chi connectivity index (χ0v) is 6.41. The van der Waals surface area contributed by atoms with Gasteiger partial charge in [-0.1, -0.05) is 12.1 Å². The van der Waals surface area contributed by atoms with Crippen molar-refractivity contribution in [1.29, 1.82) is 0 Å². The van der Waals surface area contributed by atoms with Crippen LogP contribution in [-0.4, -0.2) is 4.92 Å². The van der Waals surface area contributed by atoms with Crippen molar-refractivity contribution in [3.63, 3.8) is 0 Å². The van der Waals surface area contributed by atoms with Gasteiger partial charge in [-0.05, 0) is 17.7 Å².